The molecule has 1 fully saturated rings. The zero-order valence-electron chi connectivity index (χ0n) is 7.85. The number of aromatic nitrogens is 1. The number of halogens is 2. The first kappa shape index (κ1) is 9.18. The fourth-order valence-corrected chi connectivity index (χ4v) is 1.38. The van der Waals surface area contributed by atoms with Gasteiger partial charge in [0.05, 0.1) is 0 Å². The van der Waals surface area contributed by atoms with Crippen molar-refractivity contribution < 1.29 is 8.78 Å². The summed E-state index contributed by atoms with van der Waals surface area (Å²) in [5, 5.41) is 2.59. The van der Waals surface area contributed by atoms with E-state index in [0.717, 1.165) is 25.6 Å². The molecule has 0 unspecified atom stereocenters. The Hall–Kier alpha value is -1.39. The number of anilines is 2. The highest BCUT2D eigenvalue weighted by Crippen LogP contribution is 2.25. The summed E-state index contributed by atoms with van der Waals surface area (Å²) in [7, 11) is 1.56. The summed E-state index contributed by atoms with van der Waals surface area (Å²) in [6.07, 6.45) is 1.04. The maximum absolute atomic E-state index is 13.3. The highest BCUT2D eigenvalue weighted by molar-refractivity contribution is 5.50. The molecule has 14 heavy (non-hydrogen) atoms. The third-order valence-electron chi connectivity index (χ3n) is 2.30. The number of hydrogen-bond acceptors (Lipinski definition) is 3. The molecule has 3 nitrogen and oxygen atoms in total. The van der Waals surface area contributed by atoms with Gasteiger partial charge in [0.2, 0.25) is 0 Å². The van der Waals surface area contributed by atoms with E-state index >= 15 is 0 Å². The third-order valence-corrected chi connectivity index (χ3v) is 2.30. The molecular weight excluding hydrogens is 188 g/mol. The van der Waals surface area contributed by atoms with E-state index in [1.807, 2.05) is 0 Å². The monoisotopic (exact) mass is 199 g/mol. The Morgan fingerprint density at radius 3 is 2.57 bits per heavy atom. The first-order chi connectivity index (χ1) is 6.72. The fourth-order valence-electron chi connectivity index (χ4n) is 1.38. The van der Waals surface area contributed by atoms with E-state index in [0.29, 0.717) is 0 Å². The van der Waals surface area contributed by atoms with Crippen LogP contribution in [0.4, 0.5) is 20.4 Å². The summed E-state index contributed by atoms with van der Waals surface area (Å²) in [5.41, 5.74) is 0. The molecule has 1 aliphatic rings. The van der Waals surface area contributed by atoms with Gasteiger partial charge in [0.1, 0.15) is 0 Å². The Morgan fingerprint density at radius 1 is 1.36 bits per heavy atom. The van der Waals surface area contributed by atoms with Gasteiger partial charge < -0.3 is 10.2 Å². The highest BCUT2D eigenvalue weighted by Gasteiger charge is 2.21. The molecule has 0 saturated carbocycles. The van der Waals surface area contributed by atoms with Gasteiger partial charge in [-0.2, -0.15) is 0 Å². The molecule has 0 radical (unpaired) electrons. The molecule has 0 amide bonds. The van der Waals surface area contributed by atoms with Gasteiger partial charge in [0, 0.05) is 26.2 Å². The normalized spacial score (nSPS) is 15.2. The summed E-state index contributed by atoms with van der Waals surface area (Å²) >= 11 is 0. The maximum atomic E-state index is 13.3. The van der Waals surface area contributed by atoms with Crippen molar-refractivity contribution in [3.63, 3.8) is 0 Å². The average Bonchev–Trinajstić information content (AvgIpc) is 2.06. The second-order valence-corrected chi connectivity index (χ2v) is 3.21. The molecule has 1 saturated heterocycles. The summed E-state index contributed by atoms with van der Waals surface area (Å²) in [6.45, 7) is 1.58. The van der Waals surface area contributed by atoms with Gasteiger partial charge in [0.25, 0.3) is 0 Å². The van der Waals surface area contributed by atoms with Gasteiger partial charge in [-0.1, -0.05) is 0 Å². The SMILES string of the molecule is CNc1nc(N2CCC2)c(F)cc1F. The maximum Gasteiger partial charge on any atom is 0.168 e. The second kappa shape index (κ2) is 3.40. The van der Waals surface area contributed by atoms with E-state index in [9.17, 15) is 8.78 Å². The Labute approximate surface area is 80.7 Å². The first-order valence-electron chi connectivity index (χ1n) is 4.51. The quantitative estimate of drug-likeness (QED) is 0.784. The molecule has 76 valence electrons. The molecule has 2 heterocycles. The number of hydrogen-bond donors (Lipinski definition) is 1. The van der Waals surface area contributed by atoms with Gasteiger partial charge in [-0.05, 0) is 6.42 Å². The van der Waals surface area contributed by atoms with Gasteiger partial charge in [0.15, 0.2) is 23.3 Å². The van der Waals surface area contributed by atoms with Crippen molar-refractivity contribution in [2.24, 2.45) is 0 Å². The van der Waals surface area contributed by atoms with Gasteiger partial charge >= 0.3 is 0 Å². The minimum Gasteiger partial charge on any atom is -0.371 e. The van der Waals surface area contributed by atoms with Crippen molar-refractivity contribution in [1.82, 2.24) is 4.98 Å². The van der Waals surface area contributed by atoms with E-state index in [4.69, 9.17) is 0 Å². The Balaban J connectivity index is 2.38. The first-order valence-corrected chi connectivity index (χ1v) is 4.51. The molecular formula is C9H11F2N3. The van der Waals surface area contributed by atoms with Crippen LogP contribution in [0.25, 0.3) is 0 Å². The second-order valence-electron chi connectivity index (χ2n) is 3.21. The summed E-state index contributed by atoms with van der Waals surface area (Å²) in [4.78, 5) is 5.66. The van der Waals surface area contributed by atoms with Crippen LogP contribution in [-0.2, 0) is 0 Å². The summed E-state index contributed by atoms with van der Waals surface area (Å²) in [6, 6.07) is 0.868. The smallest absolute Gasteiger partial charge is 0.168 e. The molecule has 0 bridgehead atoms. The van der Waals surface area contributed by atoms with E-state index in [1.165, 1.54) is 0 Å². The van der Waals surface area contributed by atoms with Crippen LogP contribution in [0.2, 0.25) is 0 Å². The van der Waals surface area contributed by atoms with Crippen LogP contribution in [0.15, 0.2) is 6.07 Å². The number of nitrogens with one attached hydrogen (secondary N) is 1. The van der Waals surface area contributed by atoms with Crippen molar-refractivity contribution in [3.8, 4) is 0 Å². The summed E-state index contributed by atoms with van der Waals surface area (Å²) < 4.78 is 26.3. The lowest BCUT2D eigenvalue weighted by Gasteiger charge is -2.32. The molecule has 1 aromatic heterocycles. The molecule has 0 spiro atoms. The third kappa shape index (κ3) is 1.38. The average molecular weight is 199 g/mol. The lowest BCUT2D eigenvalue weighted by molar-refractivity contribution is 0.544. The predicted octanol–water partition coefficient (Wildman–Crippen LogP) is 1.61. The largest absolute Gasteiger partial charge is 0.371 e. The molecule has 1 aliphatic heterocycles. The van der Waals surface area contributed by atoms with Crippen molar-refractivity contribution >= 4 is 11.6 Å². The molecule has 0 atom stereocenters. The van der Waals surface area contributed by atoms with Crippen LogP contribution >= 0.6 is 0 Å². The van der Waals surface area contributed by atoms with Crippen molar-refractivity contribution in [2.75, 3.05) is 30.4 Å². The van der Waals surface area contributed by atoms with Crippen molar-refractivity contribution in [3.05, 3.63) is 17.7 Å². The lowest BCUT2D eigenvalue weighted by atomic mass is 10.2. The summed E-state index contributed by atoms with van der Waals surface area (Å²) in [5.74, 6) is -0.925. The fraction of sp³-hybridized carbons (Fsp3) is 0.444. The Morgan fingerprint density at radius 2 is 2.07 bits per heavy atom. The minimum atomic E-state index is -0.658. The van der Waals surface area contributed by atoms with E-state index in [2.05, 4.69) is 10.3 Å². The van der Waals surface area contributed by atoms with Gasteiger partial charge in [-0.25, -0.2) is 13.8 Å². The number of rotatable bonds is 2. The van der Waals surface area contributed by atoms with Crippen LogP contribution in [0, 0.1) is 11.6 Å². The van der Waals surface area contributed by atoms with Gasteiger partial charge in [-0.3, -0.25) is 0 Å². The van der Waals surface area contributed by atoms with E-state index < -0.39 is 11.6 Å². The van der Waals surface area contributed by atoms with Crippen LogP contribution < -0.4 is 10.2 Å². The van der Waals surface area contributed by atoms with E-state index in [1.54, 1.807) is 11.9 Å². The molecule has 0 aliphatic carbocycles. The topological polar surface area (TPSA) is 28.2 Å². The highest BCUT2D eigenvalue weighted by atomic mass is 19.1. The predicted molar refractivity (Wildman–Crippen MR) is 50.5 cm³/mol. The van der Waals surface area contributed by atoms with Crippen molar-refractivity contribution in [2.45, 2.75) is 6.42 Å². The van der Waals surface area contributed by atoms with Crippen LogP contribution in [0.5, 0.6) is 0 Å². The minimum absolute atomic E-state index is 0.0910. The number of pyridine rings is 1. The lowest BCUT2D eigenvalue weighted by Crippen LogP contribution is -2.38. The van der Waals surface area contributed by atoms with Gasteiger partial charge in [-0.15, -0.1) is 0 Å². The van der Waals surface area contributed by atoms with Crippen LogP contribution in [-0.4, -0.2) is 25.1 Å². The standard InChI is InChI=1S/C9H11F2N3/c1-12-8-6(10)5-7(11)9(13-8)14-3-2-4-14/h5H,2-4H2,1H3,(H,12,13). The van der Waals surface area contributed by atoms with Crippen LogP contribution in [0.3, 0.4) is 0 Å². The zero-order chi connectivity index (χ0) is 10.1. The van der Waals surface area contributed by atoms with E-state index in [-0.39, 0.29) is 11.6 Å². The van der Waals surface area contributed by atoms with Crippen LogP contribution in [0.1, 0.15) is 6.42 Å². The molecule has 1 N–H and O–H groups in total. The Bertz CT molecular complexity index is 350. The molecule has 0 aromatic carbocycles. The molecule has 2 rings (SSSR count). The van der Waals surface area contributed by atoms with Crippen molar-refractivity contribution in [1.29, 1.82) is 0 Å². The number of nitrogens with zero attached hydrogens (tertiary/aromatic N) is 2. The molecule has 5 heteroatoms. The molecule has 1 aromatic rings. The zero-order valence-corrected chi connectivity index (χ0v) is 7.85. The Kier molecular flexibility index (Phi) is 2.23.